The summed E-state index contributed by atoms with van der Waals surface area (Å²) >= 11 is 0. The Hall–Kier alpha value is -3.77. The average molecular weight is 541 g/mol. The molecule has 0 amide bonds. The summed E-state index contributed by atoms with van der Waals surface area (Å²) in [4.78, 5) is 1.51. The predicted molar refractivity (Wildman–Crippen MR) is 172 cm³/mol. The van der Waals surface area contributed by atoms with Crippen molar-refractivity contribution in [3.05, 3.63) is 168 Å². The summed E-state index contributed by atoms with van der Waals surface area (Å²) in [6.45, 7) is 5.02. The van der Waals surface area contributed by atoms with E-state index in [1.54, 1.807) is 0 Å². The Morgan fingerprint density at radius 1 is 0.513 bits per heavy atom. The molecule has 0 aliphatic heterocycles. The molecule has 0 spiro atoms. The van der Waals surface area contributed by atoms with Crippen LogP contribution in [0.25, 0.3) is 0 Å². The van der Waals surface area contributed by atoms with E-state index in [1.165, 1.54) is 25.6 Å². The van der Waals surface area contributed by atoms with Crippen molar-refractivity contribution >= 4 is 36.9 Å². The third kappa shape index (κ3) is 5.39. The van der Waals surface area contributed by atoms with Gasteiger partial charge in [0.2, 0.25) is 0 Å². The summed E-state index contributed by atoms with van der Waals surface area (Å²) in [7, 11) is -4.98. The summed E-state index contributed by atoms with van der Waals surface area (Å²) in [5.41, 5.74) is 0.957. The topological polar surface area (TPSA) is 20.2 Å². The van der Waals surface area contributed by atoms with E-state index in [-0.39, 0.29) is 0 Å². The van der Waals surface area contributed by atoms with Gasteiger partial charge in [-0.05, 0) is 12.0 Å². The molecule has 5 aromatic carbocycles. The average Bonchev–Trinajstić information content (AvgIpc) is 3.02. The third-order valence-corrected chi connectivity index (χ3v) is 19.7. The van der Waals surface area contributed by atoms with Crippen LogP contribution < -0.4 is 20.7 Å². The maximum absolute atomic E-state index is 11.4. The zero-order valence-corrected chi connectivity index (χ0v) is 24.7. The Kier molecular flexibility index (Phi) is 8.22. The maximum Gasteiger partial charge on any atom is 0.138 e. The quantitative estimate of drug-likeness (QED) is 0.231. The van der Waals surface area contributed by atoms with Crippen molar-refractivity contribution in [2.75, 3.05) is 0 Å². The normalized spacial score (nSPS) is 12.5. The molecule has 1 nitrogen and oxygen atoms in total. The number of benzene rings is 5. The van der Waals surface area contributed by atoms with Crippen LogP contribution in [0.3, 0.4) is 0 Å². The lowest BCUT2D eigenvalue weighted by Crippen LogP contribution is -2.70. The molecule has 3 heteroatoms. The Labute approximate surface area is 235 Å². The molecule has 0 radical (unpaired) electrons. The molecule has 0 aliphatic rings. The van der Waals surface area contributed by atoms with Gasteiger partial charge >= 0.3 is 0 Å². The van der Waals surface area contributed by atoms with Crippen LogP contribution in [-0.4, -0.2) is 21.3 Å². The van der Waals surface area contributed by atoms with E-state index in [9.17, 15) is 5.11 Å². The Morgan fingerprint density at radius 3 is 1.10 bits per heavy atom. The fourth-order valence-corrected chi connectivity index (χ4v) is 18.1. The van der Waals surface area contributed by atoms with E-state index >= 15 is 0 Å². The van der Waals surface area contributed by atoms with Crippen molar-refractivity contribution in [2.24, 2.45) is 0 Å². The second-order valence-corrected chi connectivity index (χ2v) is 18.9. The van der Waals surface area contributed by atoms with E-state index in [1.807, 2.05) is 30.3 Å². The van der Waals surface area contributed by atoms with Crippen LogP contribution in [0.5, 0.6) is 0 Å². The van der Waals surface area contributed by atoms with Crippen LogP contribution in [0.4, 0.5) is 0 Å². The monoisotopic (exact) mass is 540 g/mol. The number of aliphatic hydroxyl groups excluding tert-OH is 1. The van der Waals surface area contributed by atoms with Gasteiger partial charge in [0.05, 0.1) is 6.10 Å². The van der Waals surface area contributed by atoms with Crippen LogP contribution in [0.1, 0.15) is 18.1 Å². The van der Waals surface area contributed by atoms with E-state index in [0.29, 0.717) is 6.42 Å². The van der Waals surface area contributed by atoms with Crippen LogP contribution >= 0.6 is 0 Å². The van der Waals surface area contributed by atoms with Crippen molar-refractivity contribution in [1.82, 2.24) is 0 Å². The van der Waals surface area contributed by atoms with Gasteiger partial charge in [0.1, 0.15) is 16.1 Å². The van der Waals surface area contributed by atoms with E-state index in [2.05, 4.69) is 140 Å². The molecule has 0 aromatic heterocycles. The lowest BCUT2D eigenvalue weighted by Gasteiger charge is -2.42. The third-order valence-electron chi connectivity index (χ3n) is 8.21. The Morgan fingerprint density at radius 2 is 0.795 bits per heavy atom. The first kappa shape index (κ1) is 26.8. The first-order valence-corrected chi connectivity index (χ1v) is 18.7. The molecule has 0 saturated carbocycles. The summed E-state index contributed by atoms with van der Waals surface area (Å²) in [5.74, 6) is 0. The van der Waals surface area contributed by atoms with Gasteiger partial charge in [-0.1, -0.05) is 196 Å². The molecule has 0 aliphatic carbocycles. The zero-order chi connectivity index (χ0) is 27.1. The lowest BCUT2D eigenvalue weighted by atomic mass is 10.1. The smallest absolute Gasteiger partial charge is 0.138 e. The fraction of sp³-hybridized carbons (Fsp3) is 0.111. The van der Waals surface area contributed by atoms with E-state index in [0.717, 1.165) is 5.56 Å². The van der Waals surface area contributed by atoms with E-state index in [4.69, 9.17) is 0 Å². The summed E-state index contributed by atoms with van der Waals surface area (Å²) in [6.07, 6.45) is 2.44. The molecule has 0 saturated heterocycles. The predicted octanol–water partition coefficient (Wildman–Crippen LogP) is 5.90. The van der Waals surface area contributed by atoms with Gasteiger partial charge in [0.15, 0.2) is 0 Å². The molecule has 0 heterocycles. The molecular formula is C36H36OSi2. The van der Waals surface area contributed by atoms with E-state index < -0.39 is 22.3 Å². The molecule has 5 aromatic rings. The van der Waals surface area contributed by atoms with Crippen LogP contribution in [0, 0.1) is 0 Å². The molecular weight excluding hydrogens is 505 g/mol. The van der Waals surface area contributed by atoms with Crippen molar-refractivity contribution in [3.63, 3.8) is 0 Å². The van der Waals surface area contributed by atoms with Crippen LogP contribution in [-0.2, 0) is 0 Å². The second kappa shape index (κ2) is 12.0. The Bertz CT molecular complexity index is 1320. The van der Waals surface area contributed by atoms with Crippen molar-refractivity contribution in [2.45, 2.75) is 25.6 Å². The molecule has 0 bridgehead atoms. The number of aliphatic hydroxyl groups is 1. The molecule has 1 unspecified atom stereocenters. The van der Waals surface area contributed by atoms with Crippen LogP contribution in [0.15, 0.2) is 163 Å². The molecule has 1 N–H and O–H groups in total. The van der Waals surface area contributed by atoms with Crippen molar-refractivity contribution in [3.8, 4) is 0 Å². The standard InChI is InChI=1S/C36H36OSi2/c1-38(31-20-10-4-11-21-31,32-22-12-5-13-23-32)36(29-28-35(37)30-18-8-3-9-19-30)39(2,33-24-14-6-15-25-33)34-26-16-7-17-27-34/h3-27,29,35,37H,28H2,1-2H3. The highest BCUT2D eigenvalue weighted by molar-refractivity contribution is 7.24. The van der Waals surface area contributed by atoms with Gasteiger partial charge in [0, 0.05) is 0 Å². The van der Waals surface area contributed by atoms with Gasteiger partial charge in [-0.2, -0.15) is 0 Å². The first-order chi connectivity index (χ1) is 19.0. The number of hydrogen-bond acceptors (Lipinski definition) is 1. The number of rotatable bonds is 9. The van der Waals surface area contributed by atoms with Gasteiger partial charge < -0.3 is 5.11 Å². The van der Waals surface area contributed by atoms with Gasteiger partial charge in [-0.25, -0.2) is 0 Å². The SMILES string of the molecule is C[Si](C(=CCC(O)c1ccccc1)[Si](C)(c1ccccc1)c1ccccc1)(c1ccccc1)c1ccccc1. The second-order valence-electron chi connectivity index (χ2n) is 10.5. The molecule has 194 valence electrons. The summed E-state index contributed by atoms with van der Waals surface area (Å²) < 4.78 is 0. The van der Waals surface area contributed by atoms with Gasteiger partial charge in [0.25, 0.3) is 0 Å². The highest BCUT2D eigenvalue weighted by atomic mass is 28.4. The lowest BCUT2D eigenvalue weighted by molar-refractivity contribution is 0.181. The minimum atomic E-state index is -2.49. The molecule has 0 fully saturated rings. The van der Waals surface area contributed by atoms with Crippen LogP contribution in [0.2, 0.25) is 13.1 Å². The summed E-state index contributed by atoms with van der Waals surface area (Å²) in [6, 6.07) is 54.3. The fourth-order valence-electron chi connectivity index (χ4n) is 5.99. The minimum absolute atomic E-state index is 0.559. The highest BCUT2D eigenvalue weighted by Gasteiger charge is 2.47. The number of hydrogen-bond donors (Lipinski definition) is 1. The first-order valence-electron chi connectivity index (χ1n) is 13.7. The van der Waals surface area contributed by atoms with Gasteiger partial charge in [-0.15, -0.1) is 0 Å². The van der Waals surface area contributed by atoms with Gasteiger partial charge in [-0.3, -0.25) is 0 Å². The zero-order valence-electron chi connectivity index (χ0n) is 22.7. The largest absolute Gasteiger partial charge is 0.388 e. The molecule has 5 rings (SSSR count). The minimum Gasteiger partial charge on any atom is -0.388 e. The Balaban J connectivity index is 1.81. The van der Waals surface area contributed by atoms with Crippen molar-refractivity contribution in [1.29, 1.82) is 0 Å². The maximum atomic E-state index is 11.4. The summed E-state index contributed by atoms with van der Waals surface area (Å²) in [5, 5.41) is 16.9. The molecule has 39 heavy (non-hydrogen) atoms. The van der Waals surface area contributed by atoms with Crippen molar-refractivity contribution < 1.29 is 5.11 Å². The molecule has 1 atom stereocenters. The highest BCUT2D eigenvalue weighted by Crippen LogP contribution is 2.29.